The summed E-state index contributed by atoms with van der Waals surface area (Å²) in [7, 11) is 1.99. The molecule has 1 aromatic heterocycles. The number of nitrogens with zero attached hydrogens (tertiary/aromatic N) is 2. The van der Waals surface area contributed by atoms with Gasteiger partial charge in [0.25, 0.3) is 0 Å². The molecule has 0 amide bonds. The van der Waals surface area contributed by atoms with E-state index in [2.05, 4.69) is 9.88 Å². The van der Waals surface area contributed by atoms with Crippen LogP contribution in [0.2, 0.25) is 0 Å². The molecule has 0 atom stereocenters. The molecule has 0 unspecified atom stereocenters. The third-order valence-electron chi connectivity index (χ3n) is 2.77. The normalized spacial score (nSPS) is 10.3. The van der Waals surface area contributed by atoms with Crippen molar-refractivity contribution in [3.05, 3.63) is 53.9 Å². The van der Waals surface area contributed by atoms with Crippen LogP contribution in [0.3, 0.4) is 0 Å². The van der Waals surface area contributed by atoms with Gasteiger partial charge in [-0.05, 0) is 25.1 Å². The molecule has 0 bridgehead atoms. The van der Waals surface area contributed by atoms with Crippen LogP contribution in [0.15, 0.2) is 42.6 Å². The highest BCUT2D eigenvalue weighted by Gasteiger charge is 2.09. The molecule has 2 rings (SSSR count). The van der Waals surface area contributed by atoms with Gasteiger partial charge >= 0.3 is 0 Å². The van der Waals surface area contributed by atoms with Crippen molar-refractivity contribution in [3.8, 4) is 0 Å². The summed E-state index contributed by atoms with van der Waals surface area (Å²) in [5, 5.41) is 9.34. The van der Waals surface area contributed by atoms with Gasteiger partial charge in [0.1, 0.15) is 0 Å². The van der Waals surface area contributed by atoms with Crippen LogP contribution in [-0.4, -0.2) is 17.1 Å². The zero-order chi connectivity index (χ0) is 12.3. The van der Waals surface area contributed by atoms with Gasteiger partial charge in [-0.3, -0.25) is 4.98 Å². The van der Waals surface area contributed by atoms with Crippen molar-refractivity contribution in [3.63, 3.8) is 0 Å². The Labute approximate surface area is 101 Å². The average Bonchev–Trinajstić information content (AvgIpc) is 2.39. The smallest absolute Gasteiger partial charge is 0.0717 e. The first-order chi connectivity index (χ1) is 8.22. The van der Waals surface area contributed by atoms with Gasteiger partial charge in [0, 0.05) is 35.9 Å². The number of rotatable bonds is 3. The summed E-state index contributed by atoms with van der Waals surface area (Å²) in [5.74, 6) is 0. The van der Waals surface area contributed by atoms with Crippen LogP contribution < -0.4 is 4.90 Å². The van der Waals surface area contributed by atoms with Gasteiger partial charge in [-0.15, -0.1) is 0 Å². The van der Waals surface area contributed by atoms with E-state index < -0.39 is 0 Å². The number of anilines is 2. The Morgan fingerprint density at radius 1 is 1.24 bits per heavy atom. The van der Waals surface area contributed by atoms with E-state index in [0.717, 1.165) is 22.6 Å². The predicted octanol–water partition coefficient (Wildman–Crippen LogP) is 2.65. The fraction of sp³-hybridized carbons (Fsp3) is 0.214. The van der Waals surface area contributed by atoms with Gasteiger partial charge < -0.3 is 10.0 Å². The summed E-state index contributed by atoms with van der Waals surface area (Å²) in [4.78, 5) is 6.26. The lowest BCUT2D eigenvalue weighted by molar-refractivity contribution is 0.282. The second-order valence-corrected chi connectivity index (χ2v) is 4.01. The highest BCUT2D eigenvalue weighted by atomic mass is 16.3. The molecule has 0 radical (unpaired) electrons. The second-order valence-electron chi connectivity index (χ2n) is 4.01. The number of pyridine rings is 1. The van der Waals surface area contributed by atoms with E-state index in [0.29, 0.717) is 0 Å². The van der Waals surface area contributed by atoms with Gasteiger partial charge in [0.15, 0.2) is 0 Å². The first-order valence-electron chi connectivity index (χ1n) is 5.57. The van der Waals surface area contributed by atoms with Crippen molar-refractivity contribution in [1.29, 1.82) is 0 Å². The highest BCUT2D eigenvalue weighted by molar-refractivity contribution is 5.65. The maximum absolute atomic E-state index is 9.34. The van der Waals surface area contributed by atoms with E-state index in [9.17, 15) is 5.11 Å². The quantitative estimate of drug-likeness (QED) is 0.877. The zero-order valence-corrected chi connectivity index (χ0v) is 10.1. The monoisotopic (exact) mass is 228 g/mol. The van der Waals surface area contributed by atoms with E-state index in [4.69, 9.17) is 0 Å². The van der Waals surface area contributed by atoms with Crippen LogP contribution in [0.4, 0.5) is 11.4 Å². The number of aromatic nitrogens is 1. The zero-order valence-electron chi connectivity index (χ0n) is 10.1. The molecule has 17 heavy (non-hydrogen) atoms. The van der Waals surface area contributed by atoms with Crippen LogP contribution in [0.25, 0.3) is 0 Å². The maximum Gasteiger partial charge on any atom is 0.0717 e. The van der Waals surface area contributed by atoms with E-state index in [-0.39, 0.29) is 6.61 Å². The third-order valence-corrected chi connectivity index (χ3v) is 2.77. The standard InChI is InChI=1S/C14H16N2O/c1-11-8-14(12(10-17)9-15-11)16(2)13-6-4-3-5-7-13/h3-9,17H,10H2,1-2H3. The van der Waals surface area contributed by atoms with Crippen LogP contribution in [0.5, 0.6) is 0 Å². The Balaban J connectivity index is 2.43. The van der Waals surface area contributed by atoms with Gasteiger partial charge in [-0.2, -0.15) is 0 Å². The van der Waals surface area contributed by atoms with Crippen molar-refractivity contribution >= 4 is 11.4 Å². The lowest BCUT2D eigenvalue weighted by Crippen LogP contribution is -2.12. The second kappa shape index (κ2) is 4.97. The molecule has 0 aliphatic heterocycles. The molecule has 0 spiro atoms. The van der Waals surface area contributed by atoms with Crippen LogP contribution >= 0.6 is 0 Å². The van der Waals surface area contributed by atoms with E-state index in [1.54, 1.807) is 6.20 Å². The minimum atomic E-state index is -0.000211. The van der Waals surface area contributed by atoms with Crippen molar-refractivity contribution < 1.29 is 5.11 Å². The lowest BCUT2D eigenvalue weighted by atomic mass is 10.2. The third kappa shape index (κ3) is 2.45. The van der Waals surface area contributed by atoms with Crippen LogP contribution in [-0.2, 0) is 6.61 Å². The molecule has 0 saturated heterocycles. The Morgan fingerprint density at radius 3 is 2.59 bits per heavy atom. The molecule has 0 saturated carbocycles. The Morgan fingerprint density at radius 2 is 1.94 bits per heavy atom. The first-order valence-corrected chi connectivity index (χ1v) is 5.57. The fourth-order valence-electron chi connectivity index (χ4n) is 1.80. The number of aliphatic hydroxyl groups excluding tert-OH is 1. The minimum absolute atomic E-state index is 0.000211. The van der Waals surface area contributed by atoms with Gasteiger partial charge in [-0.25, -0.2) is 0 Å². The molecule has 88 valence electrons. The highest BCUT2D eigenvalue weighted by Crippen LogP contribution is 2.26. The molecule has 1 N–H and O–H groups in total. The number of aryl methyl sites for hydroxylation is 1. The summed E-state index contributed by atoms with van der Waals surface area (Å²) >= 11 is 0. The summed E-state index contributed by atoms with van der Waals surface area (Å²) < 4.78 is 0. The van der Waals surface area contributed by atoms with E-state index in [1.165, 1.54) is 0 Å². The molecule has 3 heteroatoms. The van der Waals surface area contributed by atoms with Crippen LogP contribution in [0, 0.1) is 6.92 Å². The Kier molecular flexibility index (Phi) is 3.40. The summed E-state index contributed by atoms with van der Waals surface area (Å²) in [6.07, 6.45) is 1.73. The molecular weight excluding hydrogens is 212 g/mol. The number of para-hydroxylation sites is 1. The summed E-state index contributed by atoms with van der Waals surface area (Å²) in [6.45, 7) is 1.95. The van der Waals surface area contributed by atoms with Gasteiger partial charge in [0.05, 0.1) is 6.61 Å². The molecule has 0 aliphatic rings. The molecule has 0 aliphatic carbocycles. The Bertz CT molecular complexity index is 497. The largest absolute Gasteiger partial charge is 0.392 e. The average molecular weight is 228 g/mol. The number of benzene rings is 1. The molecule has 3 nitrogen and oxygen atoms in total. The fourth-order valence-corrected chi connectivity index (χ4v) is 1.80. The Hall–Kier alpha value is -1.87. The number of aliphatic hydroxyl groups is 1. The number of hydrogen-bond donors (Lipinski definition) is 1. The number of hydrogen-bond acceptors (Lipinski definition) is 3. The van der Waals surface area contributed by atoms with E-state index >= 15 is 0 Å². The van der Waals surface area contributed by atoms with Crippen LogP contribution in [0.1, 0.15) is 11.3 Å². The summed E-state index contributed by atoms with van der Waals surface area (Å²) in [6, 6.07) is 12.0. The van der Waals surface area contributed by atoms with Crippen molar-refractivity contribution in [2.24, 2.45) is 0 Å². The molecule has 2 aromatic rings. The summed E-state index contributed by atoms with van der Waals surface area (Å²) in [5.41, 5.74) is 3.86. The molecule has 1 aromatic carbocycles. The first kappa shape index (κ1) is 11.6. The van der Waals surface area contributed by atoms with Gasteiger partial charge in [-0.1, -0.05) is 18.2 Å². The SMILES string of the molecule is Cc1cc(N(C)c2ccccc2)c(CO)cn1. The van der Waals surface area contributed by atoms with Crippen molar-refractivity contribution in [2.45, 2.75) is 13.5 Å². The molecule has 1 heterocycles. The maximum atomic E-state index is 9.34. The minimum Gasteiger partial charge on any atom is -0.392 e. The molecule has 0 fully saturated rings. The van der Waals surface area contributed by atoms with E-state index in [1.807, 2.05) is 50.4 Å². The van der Waals surface area contributed by atoms with Crippen molar-refractivity contribution in [2.75, 3.05) is 11.9 Å². The predicted molar refractivity (Wildman–Crippen MR) is 69.4 cm³/mol. The van der Waals surface area contributed by atoms with Gasteiger partial charge in [0.2, 0.25) is 0 Å². The topological polar surface area (TPSA) is 36.4 Å². The van der Waals surface area contributed by atoms with Crippen molar-refractivity contribution in [1.82, 2.24) is 4.98 Å². The molecular formula is C14H16N2O. The lowest BCUT2D eigenvalue weighted by Gasteiger charge is -2.22.